The highest BCUT2D eigenvalue weighted by atomic mass is 127. The summed E-state index contributed by atoms with van der Waals surface area (Å²) in [6.07, 6.45) is 11.6. The van der Waals surface area contributed by atoms with E-state index < -0.39 is 0 Å². The number of hydrogen-bond donors (Lipinski definition) is 0. The molecule has 0 fully saturated rings. The largest absolute Gasteiger partial charge is 1.00 e. The van der Waals surface area contributed by atoms with Crippen LogP contribution < -0.4 is 28.9 Å². The number of halogens is 1. The van der Waals surface area contributed by atoms with Gasteiger partial charge in [-0.15, -0.1) is 0 Å². The van der Waals surface area contributed by atoms with E-state index in [1.54, 1.807) is 0 Å². The molecule has 3 heteroatoms. The SMILES string of the molecule is CN1/C(=C/C=C2\C=C(\C=C\C3=[N+](C)c4ccccc4C3(C)C)c3ccccc32)C(C)(C)c2ccccc21.[I-]. The Hall–Kier alpha value is -3.18. The summed E-state index contributed by atoms with van der Waals surface area (Å²) in [7, 11) is 4.36. The average Bonchev–Trinajstić information content (AvgIpc) is 3.41. The summed E-state index contributed by atoms with van der Waals surface area (Å²) < 4.78 is 2.34. The third kappa shape index (κ3) is 3.94. The van der Waals surface area contributed by atoms with Crippen molar-refractivity contribution in [2.45, 2.75) is 38.5 Å². The lowest BCUT2D eigenvalue weighted by atomic mass is 9.81. The number of allylic oxidation sites excluding steroid dienone is 8. The molecule has 3 aliphatic rings. The predicted octanol–water partition coefficient (Wildman–Crippen LogP) is 5.04. The second-order valence-corrected chi connectivity index (χ2v) is 11.4. The quantitative estimate of drug-likeness (QED) is 0.298. The van der Waals surface area contributed by atoms with Crippen LogP contribution in [-0.4, -0.2) is 24.4 Å². The van der Waals surface area contributed by atoms with Gasteiger partial charge in [-0.05, 0) is 66.0 Å². The number of likely N-dealkylation sites (N-methyl/N-ethyl adjacent to an activating group) is 1. The number of para-hydroxylation sites is 2. The van der Waals surface area contributed by atoms with Crippen molar-refractivity contribution in [1.82, 2.24) is 0 Å². The first-order valence-corrected chi connectivity index (χ1v) is 13.2. The van der Waals surface area contributed by atoms with Crippen LogP contribution in [0.4, 0.5) is 11.4 Å². The Morgan fingerprint density at radius 3 is 2.05 bits per heavy atom. The van der Waals surface area contributed by atoms with Gasteiger partial charge in [0.05, 0.1) is 5.41 Å². The van der Waals surface area contributed by atoms with E-state index in [2.05, 4.69) is 154 Å². The van der Waals surface area contributed by atoms with E-state index >= 15 is 0 Å². The van der Waals surface area contributed by atoms with Gasteiger partial charge in [0.15, 0.2) is 5.71 Å². The maximum Gasteiger partial charge on any atom is 0.209 e. The van der Waals surface area contributed by atoms with Crippen molar-refractivity contribution in [3.05, 3.63) is 131 Å². The molecule has 3 aromatic carbocycles. The van der Waals surface area contributed by atoms with Crippen molar-refractivity contribution in [3.63, 3.8) is 0 Å². The van der Waals surface area contributed by atoms with Crippen molar-refractivity contribution in [1.29, 1.82) is 0 Å². The number of rotatable bonds is 3. The third-order valence-electron chi connectivity index (χ3n) is 8.58. The molecule has 0 amide bonds. The first-order chi connectivity index (χ1) is 17.7. The Bertz CT molecular complexity index is 1590. The molecule has 0 saturated carbocycles. The molecule has 6 rings (SSSR count). The molecule has 192 valence electrons. The molecule has 2 heterocycles. The minimum atomic E-state index is -0.0305. The van der Waals surface area contributed by atoms with Crippen LogP contribution in [0, 0.1) is 0 Å². The van der Waals surface area contributed by atoms with Gasteiger partial charge in [0.2, 0.25) is 5.69 Å². The molecular formula is C35H35IN2. The van der Waals surface area contributed by atoms with Gasteiger partial charge in [-0.2, -0.15) is 4.58 Å². The summed E-state index contributed by atoms with van der Waals surface area (Å²) in [5.41, 5.74) is 13.0. The standard InChI is InChI=1S/C35H35N2.HI/c1-34(2)28-15-9-11-17-30(28)36(5)32(34)21-19-24-23-25(27-14-8-7-13-26(24)27)20-22-33-35(3,4)29-16-10-12-18-31(29)37(33)6;/h7-23H,1-6H3;1H/q+1;/p-1. The second-order valence-electron chi connectivity index (χ2n) is 11.4. The monoisotopic (exact) mass is 610 g/mol. The van der Waals surface area contributed by atoms with Crippen molar-refractivity contribution in [2.75, 3.05) is 19.0 Å². The summed E-state index contributed by atoms with van der Waals surface area (Å²) in [6, 6.07) is 26.2. The van der Waals surface area contributed by atoms with Crippen molar-refractivity contribution in [3.8, 4) is 0 Å². The number of anilines is 1. The fourth-order valence-electron chi connectivity index (χ4n) is 6.53. The molecule has 38 heavy (non-hydrogen) atoms. The topological polar surface area (TPSA) is 6.25 Å². The van der Waals surface area contributed by atoms with Crippen LogP contribution in [0.1, 0.15) is 49.9 Å². The minimum Gasteiger partial charge on any atom is -1.00 e. The predicted molar refractivity (Wildman–Crippen MR) is 158 cm³/mol. The van der Waals surface area contributed by atoms with Crippen LogP contribution in [0.5, 0.6) is 0 Å². The molecule has 3 aromatic rings. The Morgan fingerprint density at radius 1 is 0.711 bits per heavy atom. The van der Waals surface area contributed by atoms with E-state index in [1.165, 1.54) is 56.2 Å². The van der Waals surface area contributed by atoms with Gasteiger partial charge >= 0.3 is 0 Å². The van der Waals surface area contributed by atoms with Gasteiger partial charge in [0, 0.05) is 41.6 Å². The van der Waals surface area contributed by atoms with Gasteiger partial charge in [-0.25, -0.2) is 0 Å². The zero-order chi connectivity index (χ0) is 25.9. The highest BCUT2D eigenvalue weighted by Gasteiger charge is 2.42. The van der Waals surface area contributed by atoms with Crippen LogP contribution in [-0.2, 0) is 10.8 Å². The first kappa shape index (κ1) is 26.4. The Balaban J connectivity index is 0.00000294. The molecule has 0 bridgehead atoms. The van der Waals surface area contributed by atoms with Gasteiger partial charge in [0.25, 0.3) is 0 Å². The molecule has 0 spiro atoms. The first-order valence-electron chi connectivity index (χ1n) is 13.2. The Kier molecular flexibility index (Phi) is 6.63. The number of fused-ring (bicyclic) bond motifs is 3. The summed E-state index contributed by atoms with van der Waals surface area (Å²) in [5.74, 6) is 0. The van der Waals surface area contributed by atoms with Crippen LogP contribution >= 0.6 is 0 Å². The zero-order valence-electron chi connectivity index (χ0n) is 23.1. The summed E-state index contributed by atoms with van der Waals surface area (Å²) >= 11 is 0. The second kappa shape index (κ2) is 9.53. The van der Waals surface area contributed by atoms with Crippen LogP contribution in [0.15, 0.2) is 109 Å². The van der Waals surface area contributed by atoms with Gasteiger partial charge in [0.1, 0.15) is 7.05 Å². The van der Waals surface area contributed by atoms with Crippen molar-refractivity contribution < 1.29 is 28.6 Å². The maximum absolute atomic E-state index is 2.34. The Morgan fingerprint density at radius 2 is 1.34 bits per heavy atom. The third-order valence-corrected chi connectivity index (χ3v) is 8.58. The number of benzene rings is 3. The van der Waals surface area contributed by atoms with Crippen LogP contribution in [0.2, 0.25) is 0 Å². The lowest BCUT2D eigenvalue weighted by molar-refractivity contribution is -0.401. The van der Waals surface area contributed by atoms with Crippen molar-refractivity contribution in [2.24, 2.45) is 0 Å². The summed E-state index contributed by atoms with van der Waals surface area (Å²) in [4.78, 5) is 2.34. The fraction of sp³-hybridized carbons (Fsp3) is 0.229. The highest BCUT2D eigenvalue weighted by molar-refractivity contribution is 6.06. The van der Waals surface area contributed by atoms with Gasteiger partial charge < -0.3 is 28.9 Å². The van der Waals surface area contributed by atoms with E-state index in [-0.39, 0.29) is 34.8 Å². The van der Waals surface area contributed by atoms with E-state index in [0.29, 0.717) is 0 Å². The molecule has 2 nitrogen and oxygen atoms in total. The van der Waals surface area contributed by atoms with E-state index in [0.717, 1.165) is 0 Å². The van der Waals surface area contributed by atoms with E-state index in [4.69, 9.17) is 0 Å². The molecule has 1 aliphatic carbocycles. The van der Waals surface area contributed by atoms with Crippen LogP contribution in [0.25, 0.3) is 11.1 Å². The molecule has 0 radical (unpaired) electrons. The van der Waals surface area contributed by atoms with Crippen LogP contribution in [0.3, 0.4) is 0 Å². The highest BCUT2D eigenvalue weighted by Crippen LogP contribution is 2.47. The lowest BCUT2D eigenvalue weighted by Gasteiger charge is -2.23. The van der Waals surface area contributed by atoms with E-state index in [9.17, 15) is 0 Å². The molecule has 0 saturated heterocycles. The average molecular weight is 611 g/mol. The van der Waals surface area contributed by atoms with E-state index in [1.807, 2.05) is 0 Å². The summed E-state index contributed by atoms with van der Waals surface area (Å²) in [5, 5.41) is 0. The molecule has 0 unspecified atom stereocenters. The maximum atomic E-state index is 2.34. The summed E-state index contributed by atoms with van der Waals surface area (Å²) in [6.45, 7) is 9.28. The Labute approximate surface area is 244 Å². The molecule has 0 N–H and O–H groups in total. The smallest absolute Gasteiger partial charge is 0.209 e. The number of hydrogen-bond acceptors (Lipinski definition) is 1. The normalized spacial score (nSPS) is 20.6. The minimum absolute atomic E-state index is 0. The number of nitrogens with zero attached hydrogens (tertiary/aromatic N) is 2. The lowest BCUT2D eigenvalue weighted by Crippen LogP contribution is -3.00. The van der Waals surface area contributed by atoms with Crippen molar-refractivity contribution >= 4 is 28.2 Å². The molecular weight excluding hydrogens is 575 g/mol. The molecule has 0 aromatic heterocycles. The molecule has 2 aliphatic heterocycles. The fourth-order valence-corrected chi connectivity index (χ4v) is 6.53. The molecule has 0 atom stereocenters. The van der Waals surface area contributed by atoms with Gasteiger partial charge in [-0.1, -0.05) is 80.6 Å². The zero-order valence-corrected chi connectivity index (χ0v) is 25.2. The van der Waals surface area contributed by atoms with Gasteiger partial charge in [-0.3, -0.25) is 0 Å².